The smallest absolute Gasteiger partial charge is 0.245 e. The van der Waals surface area contributed by atoms with Crippen molar-refractivity contribution < 1.29 is 14.0 Å². The molecule has 1 aromatic heterocycles. The van der Waals surface area contributed by atoms with Gasteiger partial charge in [0.2, 0.25) is 23.6 Å². The summed E-state index contributed by atoms with van der Waals surface area (Å²) in [6.45, 7) is 1.91. The number of piperazine rings is 1. The van der Waals surface area contributed by atoms with E-state index >= 15 is 0 Å². The van der Waals surface area contributed by atoms with Crippen LogP contribution in [0.1, 0.15) is 17.3 Å². The van der Waals surface area contributed by atoms with Crippen molar-refractivity contribution in [3.8, 4) is 0 Å². The SMILES string of the molecule is Cc1nnc(CN2C(=O)CN(C)C(=O)[C@H]2Cc2ccccc2)o1. The molecule has 23 heavy (non-hydrogen) atoms. The third-order valence-electron chi connectivity index (χ3n) is 3.88. The van der Waals surface area contributed by atoms with E-state index in [4.69, 9.17) is 4.42 Å². The molecule has 3 rings (SSSR count). The minimum Gasteiger partial charge on any atom is -0.424 e. The van der Waals surface area contributed by atoms with Crippen LogP contribution >= 0.6 is 0 Å². The number of rotatable bonds is 4. The maximum absolute atomic E-state index is 12.5. The molecule has 0 unspecified atom stereocenters. The second kappa shape index (κ2) is 6.20. The summed E-state index contributed by atoms with van der Waals surface area (Å²) < 4.78 is 5.35. The summed E-state index contributed by atoms with van der Waals surface area (Å²) in [6.07, 6.45) is 0.461. The van der Waals surface area contributed by atoms with Gasteiger partial charge in [-0.2, -0.15) is 0 Å². The zero-order chi connectivity index (χ0) is 16.4. The molecular formula is C16H18N4O3. The van der Waals surface area contributed by atoms with E-state index in [0.717, 1.165) is 5.56 Å². The maximum atomic E-state index is 12.5. The minimum absolute atomic E-state index is 0.0667. The standard InChI is InChI=1S/C16H18N4O3/c1-11-17-18-14(23-11)9-20-13(8-12-6-4-3-5-7-12)16(22)19(2)10-15(20)21/h3-7,13H,8-10H2,1-2H3/t13-/m1/s1. The van der Waals surface area contributed by atoms with Gasteiger partial charge in [0.15, 0.2) is 0 Å². The number of carbonyl (C=O) groups is 2. The quantitative estimate of drug-likeness (QED) is 0.833. The van der Waals surface area contributed by atoms with Crippen molar-refractivity contribution in [2.24, 2.45) is 0 Å². The van der Waals surface area contributed by atoms with E-state index in [9.17, 15) is 9.59 Å². The van der Waals surface area contributed by atoms with Gasteiger partial charge >= 0.3 is 0 Å². The molecule has 1 fully saturated rings. The van der Waals surface area contributed by atoms with E-state index in [2.05, 4.69) is 10.2 Å². The van der Waals surface area contributed by atoms with Gasteiger partial charge in [-0.15, -0.1) is 10.2 Å². The fourth-order valence-electron chi connectivity index (χ4n) is 2.71. The molecular weight excluding hydrogens is 296 g/mol. The number of hydrogen-bond donors (Lipinski definition) is 0. The summed E-state index contributed by atoms with van der Waals surface area (Å²) in [7, 11) is 1.65. The topological polar surface area (TPSA) is 79.5 Å². The van der Waals surface area contributed by atoms with E-state index in [-0.39, 0.29) is 24.9 Å². The molecule has 0 saturated carbocycles. The summed E-state index contributed by atoms with van der Waals surface area (Å²) in [6, 6.07) is 9.08. The van der Waals surface area contributed by atoms with Gasteiger partial charge in [-0.3, -0.25) is 9.59 Å². The van der Waals surface area contributed by atoms with Crippen molar-refractivity contribution in [1.82, 2.24) is 20.0 Å². The molecule has 0 N–H and O–H groups in total. The highest BCUT2D eigenvalue weighted by molar-refractivity contribution is 5.94. The summed E-state index contributed by atoms with van der Waals surface area (Å²) in [4.78, 5) is 27.9. The Morgan fingerprint density at radius 1 is 1.22 bits per heavy atom. The van der Waals surface area contributed by atoms with E-state index in [1.54, 1.807) is 14.0 Å². The van der Waals surface area contributed by atoms with Crippen LogP contribution in [0.2, 0.25) is 0 Å². The summed E-state index contributed by atoms with van der Waals surface area (Å²) in [5.74, 6) is 0.576. The number of hydrogen-bond acceptors (Lipinski definition) is 5. The molecule has 1 saturated heterocycles. The van der Waals surface area contributed by atoms with Gasteiger partial charge < -0.3 is 14.2 Å². The predicted octanol–water partition coefficient (Wildman–Crippen LogP) is 0.790. The Bertz CT molecular complexity index is 713. The first kappa shape index (κ1) is 15.2. The molecule has 1 aliphatic heterocycles. The summed E-state index contributed by atoms with van der Waals surface area (Å²) in [5, 5.41) is 7.69. The largest absolute Gasteiger partial charge is 0.424 e. The molecule has 0 bridgehead atoms. The van der Waals surface area contributed by atoms with Crippen LogP contribution in [0.5, 0.6) is 0 Å². The Labute approximate surface area is 133 Å². The number of likely N-dealkylation sites (N-methyl/N-ethyl adjacent to an activating group) is 1. The molecule has 0 spiro atoms. The fraction of sp³-hybridized carbons (Fsp3) is 0.375. The van der Waals surface area contributed by atoms with Gasteiger partial charge in [0.25, 0.3) is 0 Å². The number of benzene rings is 1. The Balaban J connectivity index is 1.85. The minimum atomic E-state index is -0.559. The number of aromatic nitrogens is 2. The first-order valence-corrected chi connectivity index (χ1v) is 7.42. The third-order valence-corrected chi connectivity index (χ3v) is 3.88. The molecule has 0 aliphatic carbocycles. The molecule has 7 heteroatoms. The molecule has 1 aliphatic rings. The molecule has 0 radical (unpaired) electrons. The van der Waals surface area contributed by atoms with Gasteiger partial charge in [-0.05, 0) is 5.56 Å². The first-order chi connectivity index (χ1) is 11.0. The van der Waals surface area contributed by atoms with Crippen LogP contribution < -0.4 is 0 Å². The van der Waals surface area contributed by atoms with Crippen molar-refractivity contribution in [3.05, 3.63) is 47.7 Å². The normalized spacial score (nSPS) is 18.6. The lowest BCUT2D eigenvalue weighted by atomic mass is 10.0. The Hall–Kier alpha value is -2.70. The van der Waals surface area contributed by atoms with Crippen LogP contribution in [0.3, 0.4) is 0 Å². The highest BCUT2D eigenvalue weighted by atomic mass is 16.4. The summed E-state index contributed by atoms with van der Waals surface area (Å²) >= 11 is 0. The molecule has 120 valence electrons. The van der Waals surface area contributed by atoms with E-state index < -0.39 is 6.04 Å². The highest BCUT2D eigenvalue weighted by Crippen LogP contribution is 2.19. The van der Waals surface area contributed by atoms with E-state index in [1.165, 1.54) is 9.80 Å². The lowest BCUT2D eigenvalue weighted by molar-refractivity contribution is -0.155. The van der Waals surface area contributed by atoms with Gasteiger partial charge in [0, 0.05) is 20.4 Å². The average molecular weight is 314 g/mol. The van der Waals surface area contributed by atoms with Gasteiger partial charge in [0.05, 0.1) is 13.1 Å². The highest BCUT2D eigenvalue weighted by Gasteiger charge is 2.38. The second-order valence-electron chi connectivity index (χ2n) is 5.64. The van der Waals surface area contributed by atoms with Crippen LogP contribution in [0.25, 0.3) is 0 Å². The van der Waals surface area contributed by atoms with Crippen LogP contribution in [0.4, 0.5) is 0 Å². The fourth-order valence-corrected chi connectivity index (χ4v) is 2.71. The molecule has 2 heterocycles. The van der Waals surface area contributed by atoms with Crippen LogP contribution in [-0.4, -0.2) is 51.4 Å². The third kappa shape index (κ3) is 3.23. The van der Waals surface area contributed by atoms with Crippen molar-refractivity contribution in [2.75, 3.05) is 13.6 Å². The predicted molar refractivity (Wildman–Crippen MR) is 81.2 cm³/mol. The molecule has 2 amide bonds. The van der Waals surface area contributed by atoms with Crippen LogP contribution in [-0.2, 0) is 22.6 Å². The van der Waals surface area contributed by atoms with Crippen molar-refractivity contribution in [3.63, 3.8) is 0 Å². The van der Waals surface area contributed by atoms with Crippen LogP contribution in [0, 0.1) is 6.92 Å². The van der Waals surface area contributed by atoms with Crippen molar-refractivity contribution >= 4 is 11.8 Å². The first-order valence-electron chi connectivity index (χ1n) is 7.42. The molecule has 2 aromatic rings. The van der Waals surface area contributed by atoms with Crippen molar-refractivity contribution in [1.29, 1.82) is 0 Å². The monoisotopic (exact) mass is 314 g/mol. The molecule has 1 atom stereocenters. The maximum Gasteiger partial charge on any atom is 0.245 e. The van der Waals surface area contributed by atoms with Crippen LogP contribution in [0.15, 0.2) is 34.7 Å². The zero-order valence-electron chi connectivity index (χ0n) is 13.1. The number of amides is 2. The second-order valence-corrected chi connectivity index (χ2v) is 5.64. The summed E-state index contributed by atoms with van der Waals surface area (Å²) in [5.41, 5.74) is 1.00. The van der Waals surface area contributed by atoms with Gasteiger partial charge in [-0.1, -0.05) is 30.3 Å². The number of nitrogens with zero attached hydrogens (tertiary/aromatic N) is 4. The van der Waals surface area contributed by atoms with E-state index in [0.29, 0.717) is 18.2 Å². The number of aryl methyl sites for hydroxylation is 1. The Kier molecular flexibility index (Phi) is 4.10. The Morgan fingerprint density at radius 3 is 2.61 bits per heavy atom. The van der Waals surface area contributed by atoms with E-state index in [1.807, 2.05) is 30.3 Å². The van der Waals surface area contributed by atoms with Gasteiger partial charge in [-0.25, -0.2) is 0 Å². The molecule has 7 nitrogen and oxygen atoms in total. The van der Waals surface area contributed by atoms with Gasteiger partial charge in [0.1, 0.15) is 6.04 Å². The zero-order valence-corrected chi connectivity index (χ0v) is 13.1. The lowest BCUT2D eigenvalue weighted by Crippen LogP contribution is -2.59. The van der Waals surface area contributed by atoms with Crippen molar-refractivity contribution in [2.45, 2.75) is 25.9 Å². The Morgan fingerprint density at radius 2 is 1.96 bits per heavy atom. The average Bonchev–Trinajstić information content (AvgIpc) is 2.95. The lowest BCUT2D eigenvalue weighted by Gasteiger charge is -2.38. The molecule has 1 aromatic carbocycles. The number of carbonyl (C=O) groups excluding carboxylic acids is 2.